The van der Waals surface area contributed by atoms with Crippen molar-refractivity contribution >= 4 is 33.9 Å². The van der Waals surface area contributed by atoms with E-state index in [0.717, 1.165) is 23.8 Å². The minimum atomic E-state index is -4.65. The minimum absolute atomic E-state index is 0.00152. The zero-order chi connectivity index (χ0) is 28.4. The van der Waals surface area contributed by atoms with Crippen LogP contribution in [0.3, 0.4) is 0 Å². The molecule has 0 saturated carbocycles. The molecule has 210 valence electrons. The third-order valence-electron chi connectivity index (χ3n) is 5.71. The number of halogens is 7. The number of benzene rings is 1. The van der Waals surface area contributed by atoms with Crippen LogP contribution in [0.25, 0.3) is 0 Å². The molecule has 8 nitrogen and oxygen atoms in total. The van der Waals surface area contributed by atoms with E-state index in [9.17, 15) is 35.5 Å². The van der Waals surface area contributed by atoms with Gasteiger partial charge in [-0.1, -0.05) is 0 Å². The van der Waals surface area contributed by atoms with Crippen LogP contribution in [-0.4, -0.2) is 57.6 Å². The number of ether oxygens (including phenoxy) is 1. The summed E-state index contributed by atoms with van der Waals surface area (Å²) >= 11 is 0.880. The van der Waals surface area contributed by atoms with Crippen molar-refractivity contribution in [3.63, 3.8) is 0 Å². The smallest absolute Gasteiger partial charge is 0.434 e. The number of nitrogens with one attached hydrogen (secondary N) is 2. The van der Waals surface area contributed by atoms with Crippen molar-refractivity contribution in [2.24, 2.45) is 5.92 Å². The van der Waals surface area contributed by atoms with Gasteiger partial charge in [0.05, 0.1) is 36.8 Å². The number of nitrogens with zero attached hydrogens (tertiary/aromatic N) is 4. The number of rotatable bonds is 8. The minimum Gasteiger partial charge on any atom is -0.490 e. The normalized spacial score (nSPS) is 16.4. The van der Waals surface area contributed by atoms with Gasteiger partial charge in [-0.2, -0.15) is 30.7 Å². The third-order valence-corrected chi connectivity index (χ3v) is 6.56. The first-order valence-corrected chi connectivity index (χ1v) is 12.2. The van der Waals surface area contributed by atoms with Gasteiger partial charge in [-0.25, -0.2) is 14.4 Å². The summed E-state index contributed by atoms with van der Waals surface area (Å²) in [6.07, 6.45) is -7.06. The Kier molecular flexibility index (Phi) is 8.25. The molecule has 0 aliphatic carbocycles. The molecule has 16 heteroatoms. The number of amides is 1. The summed E-state index contributed by atoms with van der Waals surface area (Å²) < 4.78 is 99.9. The lowest BCUT2D eigenvalue weighted by molar-refractivity contribution is -0.144. The number of likely N-dealkylation sites (tertiary alicyclic amines) is 1. The van der Waals surface area contributed by atoms with Crippen LogP contribution in [0.15, 0.2) is 30.6 Å². The summed E-state index contributed by atoms with van der Waals surface area (Å²) in [6, 6.07) is 3.62. The number of hydrogen-bond acceptors (Lipinski definition) is 8. The second kappa shape index (κ2) is 11.3. The number of carbonyl (C=O) groups is 1. The fourth-order valence-electron chi connectivity index (χ4n) is 3.92. The summed E-state index contributed by atoms with van der Waals surface area (Å²) in [5.74, 6) is -1.79. The Morgan fingerprint density at radius 1 is 1.18 bits per heavy atom. The Hall–Kier alpha value is -3.53. The molecule has 0 radical (unpaired) electrons. The molecule has 1 amide bonds. The standard InChI is InChI=1S/C23H21F7N6O2S/c1-12-19(21(39-35-12)34-18-8-31-17(7-32-18)23(28,29)30)20(37)33-14-2-3-15(24)16(6-14)38-10-13-4-5-36(9-13)11-22(25,26)27/h2-3,6-8,13H,4-5,9-11H2,1H3,(H,32,34)(H,33,37). The second-order valence-corrected chi connectivity index (χ2v) is 9.57. The van der Waals surface area contributed by atoms with E-state index in [1.54, 1.807) is 6.92 Å². The van der Waals surface area contributed by atoms with Gasteiger partial charge in [-0.3, -0.25) is 9.69 Å². The van der Waals surface area contributed by atoms with Gasteiger partial charge < -0.3 is 15.4 Å². The largest absolute Gasteiger partial charge is 0.490 e. The van der Waals surface area contributed by atoms with E-state index in [4.69, 9.17) is 4.74 Å². The highest BCUT2D eigenvalue weighted by molar-refractivity contribution is 7.10. The molecule has 1 aliphatic heterocycles. The molecule has 3 aromatic rings. The fraction of sp³-hybridized carbons (Fsp3) is 0.391. The first kappa shape index (κ1) is 28.5. The average molecular weight is 579 g/mol. The topological polar surface area (TPSA) is 92.3 Å². The van der Waals surface area contributed by atoms with Crippen molar-refractivity contribution in [3.05, 3.63) is 53.4 Å². The summed E-state index contributed by atoms with van der Waals surface area (Å²) in [4.78, 5) is 21.2. The first-order chi connectivity index (χ1) is 18.3. The molecule has 1 atom stereocenters. The summed E-state index contributed by atoms with van der Waals surface area (Å²) in [6.45, 7) is 0.963. The maximum atomic E-state index is 14.3. The maximum absolute atomic E-state index is 14.3. The van der Waals surface area contributed by atoms with Crippen molar-refractivity contribution < 1.29 is 40.3 Å². The zero-order valence-electron chi connectivity index (χ0n) is 20.2. The molecule has 3 heterocycles. The van der Waals surface area contributed by atoms with E-state index in [1.807, 2.05) is 0 Å². The van der Waals surface area contributed by atoms with E-state index in [1.165, 1.54) is 17.0 Å². The predicted octanol–water partition coefficient (Wildman–Crippen LogP) is 5.66. The maximum Gasteiger partial charge on any atom is 0.434 e. The van der Waals surface area contributed by atoms with Crippen LogP contribution in [0, 0.1) is 18.7 Å². The van der Waals surface area contributed by atoms with E-state index in [2.05, 4.69) is 25.0 Å². The van der Waals surface area contributed by atoms with E-state index < -0.39 is 36.3 Å². The predicted molar refractivity (Wildman–Crippen MR) is 128 cm³/mol. The second-order valence-electron chi connectivity index (χ2n) is 8.80. The van der Waals surface area contributed by atoms with Crippen LogP contribution in [0.5, 0.6) is 5.75 Å². The molecule has 1 aliphatic rings. The summed E-state index contributed by atoms with van der Waals surface area (Å²) in [5.41, 5.74) is -0.591. The Bertz CT molecular complexity index is 1310. The van der Waals surface area contributed by atoms with Gasteiger partial charge in [0.2, 0.25) is 0 Å². The quantitative estimate of drug-likeness (QED) is 0.334. The van der Waals surface area contributed by atoms with Gasteiger partial charge in [0.15, 0.2) is 17.3 Å². The van der Waals surface area contributed by atoms with Crippen LogP contribution >= 0.6 is 11.5 Å². The van der Waals surface area contributed by atoms with Gasteiger partial charge >= 0.3 is 12.4 Å². The van der Waals surface area contributed by atoms with Crippen LogP contribution in [0.2, 0.25) is 0 Å². The molecule has 0 spiro atoms. The van der Waals surface area contributed by atoms with Gasteiger partial charge in [0.1, 0.15) is 10.8 Å². The van der Waals surface area contributed by atoms with E-state index in [-0.39, 0.29) is 53.4 Å². The number of hydrogen-bond donors (Lipinski definition) is 2. The van der Waals surface area contributed by atoms with Crippen molar-refractivity contribution in [3.8, 4) is 5.75 Å². The lowest BCUT2D eigenvalue weighted by atomic mass is 10.1. The molecule has 2 N–H and O–H groups in total. The zero-order valence-corrected chi connectivity index (χ0v) is 21.0. The molecular formula is C23H21F7N6O2S. The molecular weight excluding hydrogens is 557 g/mol. The number of aromatic nitrogens is 3. The summed E-state index contributed by atoms with van der Waals surface area (Å²) in [7, 11) is 0. The highest BCUT2D eigenvalue weighted by atomic mass is 32.1. The Morgan fingerprint density at radius 2 is 1.95 bits per heavy atom. The van der Waals surface area contributed by atoms with Gasteiger partial charge in [0, 0.05) is 24.2 Å². The molecule has 0 bridgehead atoms. The molecule has 39 heavy (non-hydrogen) atoms. The van der Waals surface area contributed by atoms with Crippen LogP contribution in [-0.2, 0) is 6.18 Å². The monoisotopic (exact) mass is 578 g/mol. The van der Waals surface area contributed by atoms with Gasteiger partial charge in [-0.15, -0.1) is 0 Å². The van der Waals surface area contributed by atoms with E-state index >= 15 is 0 Å². The van der Waals surface area contributed by atoms with Crippen molar-refractivity contribution in [2.75, 3.05) is 36.9 Å². The molecule has 2 aromatic heterocycles. The third kappa shape index (κ3) is 7.53. The number of alkyl halides is 6. The van der Waals surface area contributed by atoms with Crippen molar-refractivity contribution in [1.29, 1.82) is 0 Å². The van der Waals surface area contributed by atoms with Gasteiger partial charge in [0.25, 0.3) is 5.91 Å². The molecule has 1 aromatic carbocycles. The van der Waals surface area contributed by atoms with Crippen molar-refractivity contribution in [1.82, 2.24) is 19.2 Å². The Labute approximate surface area is 221 Å². The van der Waals surface area contributed by atoms with Gasteiger partial charge in [-0.05, 0) is 43.6 Å². The van der Waals surface area contributed by atoms with Crippen molar-refractivity contribution in [2.45, 2.75) is 25.7 Å². The average Bonchev–Trinajstić information content (AvgIpc) is 3.43. The Morgan fingerprint density at radius 3 is 2.62 bits per heavy atom. The SMILES string of the molecule is Cc1nsc(Nc2cnc(C(F)(F)F)cn2)c1C(=O)Nc1ccc(F)c(OCC2CCN(CC(F)(F)F)C2)c1. The van der Waals surface area contributed by atoms with Crippen LogP contribution < -0.4 is 15.4 Å². The lowest BCUT2D eigenvalue weighted by Gasteiger charge is -2.18. The Balaban J connectivity index is 1.40. The number of carbonyl (C=O) groups excluding carboxylic acids is 1. The summed E-state index contributed by atoms with van der Waals surface area (Å²) in [5, 5.41) is 5.51. The molecule has 1 unspecified atom stereocenters. The fourth-order valence-corrected chi connectivity index (χ4v) is 4.72. The number of aryl methyl sites for hydroxylation is 1. The van der Waals surface area contributed by atoms with E-state index in [0.29, 0.717) is 18.3 Å². The van der Waals surface area contributed by atoms with Crippen LogP contribution in [0.4, 0.5) is 47.2 Å². The number of anilines is 3. The first-order valence-electron chi connectivity index (χ1n) is 11.4. The molecule has 1 saturated heterocycles. The van der Waals surface area contributed by atoms with Crippen LogP contribution in [0.1, 0.15) is 28.2 Å². The highest BCUT2D eigenvalue weighted by Gasteiger charge is 2.35. The molecule has 1 fully saturated rings. The lowest BCUT2D eigenvalue weighted by Crippen LogP contribution is -2.32. The molecule has 4 rings (SSSR count). The highest BCUT2D eigenvalue weighted by Crippen LogP contribution is 2.31.